The molecule has 0 saturated carbocycles. The Labute approximate surface area is 95.5 Å². The van der Waals surface area contributed by atoms with E-state index in [9.17, 15) is 0 Å². The molecule has 5 nitrogen and oxygen atoms in total. The Bertz CT molecular complexity index is 402. The molecule has 15 heavy (non-hydrogen) atoms. The van der Waals surface area contributed by atoms with Gasteiger partial charge in [-0.1, -0.05) is 16.8 Å². The van der Waals surface area contributed by atoms with Crippen LogP contribution in [-0.4, -0.2) is 21.7 Å². The van der Waals surface area contributed by atoms with Gasteiger partial charge in [-0.2, -0.15) is 4.98 Å². The molecule has 0 fully saturated rings. The molecule has 80 valence electrons. The predicted octanol–water partition coefficient (Wildman–Crippen LogP) is 1.51. The van der Waals surface area contributed by atoms with Crippen LogP contribution in [0.25, 0.3) is 0 Å². The smallest absolute Gasteiger partial charge is 0.213 e. The normalized spacial score (nSPS) is 10.7. The first-order valence-electron chi connectivity index (χ1n) is 4.41. The van der Waals surface area contributed by atoms with E-state index in [4.69, 9.17) is 11.6 Å². The van der Waals surface area contributed by atoms with Crippen molar-refractivity contribution in [1.29, 1.82) is 0 Å². The molecule has 0 spiro atoms. The first kappa shape index (κ1) is 10.5. The summed E-state index contributed by atoms with van der Waals surface area (Å²) in [5.41, 5.74) is 0. The van der Waals surface area contributed by atoms with Gasteiger partial charge in [0.1, 0.15) is 9.34 Å². The van der Waals surface area contributed by atoms with Crippen LogP contribution in [-0.2, 0) is 13.0 Å². The molecule has 0 atom stereocenters. The first-order chi connectivity index (χ1) is 7.34. The number of hydrogen-bond acceptors (Lipinski definition) is 6. The van der Waals surface area contributed by atoms with Gasteiger partial charge in [-0.05, 0) is 0 Å². The van der Waals surface area contributed by atoms with Gasteiger partial charge in [-0.15, -0.1) is 11.3 Å². The van der Waals surface area contributed by atoms with Gasteiger partial charge in [0.05, 0.1) is 6.20 Å². The number of aromatic nitrogens is 3. The van der Waals surface area contributed by atoms with E-state index in [1.54, 1.807) is 6.20 Å². The molecule has 0 bridgehead atoms. The Morgan fingerprint density at radius 1 is 1.47 bits per heavy atom. The van der Waals surface area contributed by atoms with Crippen molar-refractivity contribution in [2.24, 2.45) is 0 Å². The predicted molar refractivity (Wildman–Crippen MR) is 56.8 cm³/mol. The van der Waals surface area contributed by atoms with Crippen molar-refractivity contribution in [2.45, 2.75) is 13.0 Å². The van der Waals surface area contributed by atoms with Crippen LogP contribution in [0.5, 0.6) is 0 Å². The molecule has 7 heteroatoms. The molecule has 0 amide bonds. The highest BCUT2D eigenvalue weighted by molar-refractivity contribution is 7.15. The van der Waals surface area contributed by atoms with Crippen LogP contribution in [0.3, 0.4) is 0 Å². The van der Waals surface area contributed by atoms with Gasteiger partial charge in [0.15, 0.2) is 5.82 Å². The van der Waals surface area contributed by atoms with E-state index in [1.165, 1.54) is 17.7 Å². The zero-order valence-electron chi connectivity index (χ0n) is 7.81. The third-order valence-electron chi connectivity index (χ3n) is 1.73. The molecule has 0 radical (unpaired) electrons. The topological polar surface area (TPSA) is 63.8 Å². The lowest BCUT2D eigenvalue weighted by atomic mass is 10.4. The third kappa shape index (κ3) is 3.26. The summed E-state index contributed by atoms with van der Waals surface area (Å²) in [5, 5.41) is 7.91. The van der Waals surface area contributed by atoms with E-state index < -0.39 is 0 Å². The minimum Gasteiger partial charge on any atom is -0.343 e. The van der Waals surface area contributed by atoms with Gasteiger partial charge >= 0.3 is 0 Å². The molecule has 0 unspecified atom stereocenters. The summed E-state index contributed by atoms with van der Waals surface area (Å²) in [6.45, 7) is 1.51. The maximum Gasteiger partial charge on any atom is 0.213 e. The maximum atomic E-state index is 5.75. The van der Waals surface area contributed by atoms with Crippen molar-refractivity contribution < 1.29 is 4.52 Å². The zero-order valence-corrected chi connectivity index (χ0v) is 9.38. The van der Waals surface area contributed by atoms with Crippen LogP contribution >= 0.6 is 22.9 Å². The molecular formula is C8H9ClN4OS. The summed E-state index contributed by atoms with van der Waals surface area (Å²) < 4.78 is 5.33. The lowest BCUT2D eigenvalue weighted by Crippen LogP contribution is -2.16. The summed E-state index contributed by atoms with van der Waals surface area (Å²) in [6.07, 6.45) is 3.73. The van der Waals surface area contributed by atoms with Crippen molar-refractivity contribution in [3.63, 3.8) is 0 Å². The number of nitrogens with zero attached hydrogens (tertiary/aromatic N) is 3. The van der Waals surface area contributed by atoms with Gasteiger partial charge in [0.25, 0.3) is 0 Å². The number of nitrogens with one attached hydrogen (secondary N) is 1. The second-order valence-electron chi connectivity index (χ2n) is 2.83. The fraction of sp³-hybridized carbons (Fsp3) is 0.375. The average molecular weight is 245 g/mol. The van der Waals surface area contributed by atoms with Crippen molar-refractivity contribution in [3.8, 4) is 0 Å². The molecule has 0 aliphatic rings. The summed E-state index contributed by atoms with van der Waals surface area (Å²) in [6, 6.07) is 0. The van der Waals surface area contributed by atoms with Gasteiger partial charge < -0.3 is 9.84 Å². The quantitative estimate of drug-likeness (QED) is 0.808. The van der Waals surface area contributed by atoms with E-state index in [2.05, 4.69) is 25.0 Å². The van der Waals surface area contributed by atoms with Crippen LogP contribution in [0, 0.1) is 0 Å². The molecule has 2 heterocycles. The van der Waals surface area contributed by atoms with Crippen LogP contribution in [0.4, 0.5) is 0 Å². The molecule has 0 aromatic carbocycles. The average Bonchev–Trinajstić information content (AvgIpc) is 2.84. The maximum absolute atomic E-state index is 5.75. The number of rotatable bonds is 5. The van der Waals surface area contributed by atoms with E-state index in [0.29, 0.717) is 10.2 Å². The summed E-state index contributed by atoms with van der Waals surface area (Å²) in [7, 11) is 0. The Morgan fingerprint density at radius 3 is 3.07 bits per heavy atom. The lowest BCUT2D eigenvalue weighted by molar-refractivity contribution is 0.409. The molecule has 1 N–H and O–H groups in total. The molecule has 2 rings (SSSR count). The van der Waals surface area contributed by atoms with Crippen LogP contribution in [0.15, 0.2) is 17.1 Å². The Kier molecular flexibility index (Phi) is 3.65. The second kappa shape index (κ2) is 5.20. The van der Waals surface area contributed by atoms with Crippen molar-refractivity contribution in [1.82, 2.24) is 20.4 Å². The van der Waals surface area contributed by atoms with E-state index >= 15 is 0 Å². The van der Waals surface area contributed by atoms with Crippen molar-refractivity contribution in [2.75, 3.05) is 6.54 Å². The molecule has 0 aliphatic carbocycles. The van der Waals surface area contributed by atoms with E-state index in [-0.39, 0.29) is 0 Å². The SMILES string of the molecule is Clc1cnc(CNCCc2ncon2)s1. The minimum absolute atomic E-state index is 0.708. The number of hydrogen-bond donors (Lipinski definition) is 1. The highest BCUT2D eigenvalue weighted by atomic mass is 35.5. The highest BCUT2D eigenvalue weighted by Gasteiger charge is 2.00. The molecular weight excluding hydrogens is 236 g/mol. The van der Waals surface area contributed by atoms with Crippen LogP contribution in [0.2, 0.25) is 4.34 Å². The Morgan fingerprint density at radius 2 is 2.40 bits per heavy atom. The van der Waals surface area contributed by atoms with Gasteiger partial charge in [-0.25, -0.2) is 4.98 Å². The minimum atomic E-state index is 0.708. The summed E-state index contributed by atoms with van der Waals surface area (Å²) in [4.78, 5) is 8.04. The molecule has 2 aromatic heterocycles. The van der Waals surface area contributed by atoms with Gasteiger partial charge in [0, 0.05) is 19.5 Å². The fourth-order valence-electron chi connectivity index (χ4n) is 1.07. The highest BCUT2D eigenvalue weighted by Crippen LogP contribution is 2.17. The lowest BCUT2D eigenvalue weighted by Gasteiger charge is -1.98. The van der Waals surface area contributed by atoms with E-state index in [1.807, 2.05) is 0 Å². The number of halogens is 1. The largest absolute Gasteiger partial charge is 0.343 e. The third-order valence-corrected chi connectivity index (χ3v) is 2.85. The summed E-state index contributed by atoms with van der Waals surface area (Å²) in [5.74, 6) is 0.708. The number of thiazole rings is 1. The Balaban J connectivity index is 1.67. The first-order valence-corrected chi connectivity index (χ1v) is 5.60. The van der Waals surface area contributed by atoms with E-state index in [0.717, 1.165) is 24.5 Å². The zero-order chi connectivity index (χ0) is 10.5. The van der Waals surface area contributed by atoms with Gasteiger partial charge in [0.2, 0.25) is 6.39 Å². The van der Waals surface area contributed by atoms with Crippen LogP contribution < -0.4 is 5.32 Å². The summed E-state index contributed by atoms with van der Waals surface area (Å²) >= 11 is 7.23. The molecule has 0 saturated heterocycles. The molecule has 2 aromatic rings. The van der Waals surface area contributed by atoms with Crippen LogP contribution in [0.1, 0.15) is 10.8 Å². The second-order valence-corrected chi connectivity index (χ2v) is 4.58. The standard InChI is InChI=1S/C8H9ClN4OS/c9-6-3-11-8(15-6)4-10-2-1-7-12-5-14-13-7/h3,5,10H,1-2,4H2. The molecule has 0 aliphatic heterocycles. The Hall–Kier alpha value is -0.980. The van der Waals surface area contributed by atoms with Gasteiger partial charge in [-0.3, -0.25) is 0 Å². The van der Waals surface area contributed by atoms with Crippen molar-refractivity contribution in [3.05, 3.63) is 27.8 Å². The van der Waals surface area contributed by atoms with Crippen molar-refractivity contribution >= 4 is 22.9 Å². The fourth-order valence-corrected chi connectivity index (χ4v) is 1.99. The monoisotopic (exact) mass is 244 g/mol.